The Morgan fingerprint density at radius 1 is 1.08 bits per heavy atom. The summed E-state index contributed by atoms with van der Waals surface area (Å²) in [4.78, 5) is 27.3. The third-order valence-corrected chi connectivity index (χ3v) is 6.28. The highest BCUT2D eigenvalue weighted by Gasteiger charge is 2.18. The number of amidine groups is 1. The minimum Gasteiger partial charge on any atom is -0.491 e. The standard InChI is InChI=1S/C29H32N6O3/c1-4-6-11-26-25(28(36)35(19(3)33-26)29-31-17-22(18-32-29)38-5-2)16-20-12-14-21(15-13-20)23-9-7-8-10-24(23)27(30)34-37/h7-10,12-15,17-18,37H,4-6,11,16H2,1-3H3,(H2,30,34). The van der Waals surface area contributed by atoms with Crippen LogP contribution in [0.4, 0.5) is 0 Å². The highest BCUT2D eigenvalue weighted by molar-refractivity contribution is 6.03. The van der Waals surface area contributed by atoms with Crippen molar-refractivity contribution >= 4 is 5.84 Å². The third kappa shape index (κ3) is 5.72. The molecule has 0 aliphatic heterocycles. The van der Waals surface area contributed by atoms with E-state index in [1.54, 1.807) is 19.3 Å². The normalized spacial score (nSPS) is 11.5. The van der Waals surface area contributed by atoms with Crippen LogP contribution in [0.3, 0.4) is 0 Å². The van der Waals surface area contributed by atoms with Crippen LogP contribution < -0.4 is 16.0 Å². The molecule has 0 saturated heterocycles. The highest BCUT2D eigenvalue weighted by atomic mass is 16.5. The molecule has 0 bridgehead atoms. The maximum atomic E-state index is 13.8. The second kappa shape index (κ2) is 12.1. The Balaban J connectivity index is 1.72. The lowest BCUT2D eigenvalue weighted by atomic mass is 9.96. The van der Waals surface area contributed by atoms with E-state index in [2.05, 4.69) is 22.0 Å². The molecule has 0 saturated carbocycles. The van der Waals surface area contributed by atoms with Gasteiger partial charge in [0.1, 0.15) is 5.82 Å². The van der Waals surface area contributed by atoms with Gasteiger partial charge in [0.2, 0.25) is 5.95 Å². The van der Waals surface area contributed by atoms with Crippen molar-refractivity contribution in [2.24, 2.45) is 10.9 Å². The molecular formula is C29H32N6O3. The van der Waals surface area contributed by atoms with Gasteiger partial charge in [0.25, 0.3) is 5.56 Å². The number of nitrogens with two attached hydrogens (primary N) is 1. The van der Waals surface area contributed by atoms with Crippen molar-refractivity contribution in [3.63, 3.8) is 0 Å². The fraction of sp³-hybridized carbons (Fsp3) is 0.276. The number of hydrogen-bond acceptors (Lipinski definition) is 7. The van der Waals surface area contributed by atoms with E-state index >= 15 is 0 Å². The van der Waals surface area contributed by atoms with Crippen LogP contribution in [0.25, 0.3) is 17.1 Å². The molecule has 4 aromatic rings. The van der Waals surface area contributed by atoms with Gasteiger partial charge >= 0.3 is 0 Å². The average Bonchev–Trinajstić information content (AvgIpc) is 2.94. The van der Waals surface area contributed by atoms with E-state index in [9.17, 15) is 4.79 Å². The molecular weight excluding hydrogens is 480 g/mol. The number of nitrogens with zero attached hydrogens (tertiary/aromatic N) is 5. The highest BCUT2D eigenvalue weighted by Crippen LogP contribution is 2.25. The van der Waals surface area contributed by atoms with E-state index < -0.39 is 0 Å². The number of rotatable bonds is 10. The fourth-order valence-electron chi connectivity index (χ4n) is 4.37. The molecule has 0 unspecified atom stereocenters. The van der Waals surface area contributed by atoms with Gasteiger partial charge in [0, 0.05) is 17.5 Å². The van der Waals surface area contributed by atoms with Gasteiger partial charge in [-0.1, -0.05) is 67.0 Å². The van der Waals surface area contributed by atoms with Crippen LogP contribution in [-0.2, 0) is 12.8 Å². The summed E-state index contributed by atoms with van der Waals surface area (Å²) in [5.41, 5.74) is 10.5. The van der Waals surface area contributed by atoms with Crippen molar-refractivity contribution in [3.8, 4) is 22.8 Å². The molecule has 196 valence electrons. The molecule has 9 heteroatoms. The Hall–Kier alpha value is -4.53. The van der Waals surface area contributed by atoms with Crippen LogP contribution in [0.15, 0.2) is 70.9 Å². The number of aromatic nitrogens is 4. The minimum absolute atomic E-state index is 0.0491. The smallest absolute Gasteiger partial charge is 0.264 e. The van der Waals surface area contributed by atoms with Crippen molar-refractivity contribution in [2.45, 2.75) is 46.5 Å². The number of ether oxygens (including phenoxy) is 1. The Bertz CT molecular complexity index is 1480. The lowest BCUT2D eigenvalue weighted by Crippen LogP contribution is -2.29. The molecule has 0 fully saturated rings. The first-order chi connectivity index (χ1) is 18.5. The molecule has 2 aromatic carbocycles. The third-order valence-electron chi connectivity index (χ3n) is 6.28. The van der Waals surface area contributed by atoms with E-state index in [1.807, 2.05) is 55.5 Å². The quantitative estimate of drug-likeness (QED) is 0.139. The molecule has 0 aliphatic carbocycles. The van der Waals surface area contributed by atoms with Crippen LogP contribution in [0, 0.1) is 6.92 Å². The van der Waals surface area contributed by atoms with E-state index in [-0.39, 0.29) is 17.3 Å². The van der Waals surface area contributed by atoms with E-state index in [0.717, 1.165) is 41.6 Å². The molecule has 4 rings (SSSR count). The maximum absolute atomic E-state index is 13.8. The largest absolute Gasteiger partial charge is 0.491 e. The van der Waals surface area contributed by atoms with E-state index in [1.165, 1.54) is 4.57 Å². The molecule has 3 N–H and O–H groups in total. The average molecular weight is 513 g/mol. The molecule has 0 aliphatic rings. The van der Waals surface area contributed by atoms with Gasteiger partial charge in [-0.3, -0.25) is 4.79 Å². The van der Waals surface area contributed by atoms with E-state index in [4.69, 9.17) is 20.7 Å². The minimum atomic E-state index is -0.172. The molecule has 2 heterocycles. The second-order valence-corrected chi connectivity index (χ2v) is 8.88. The summed E-state index contributed by atoms with van der Waals surface area (Å²) in [7, 11) is 0. The Kier molecular flexibility index (Phi) is 8.47. The topological polar surface area (TPSA) is 129 Å². The molecule has 0 spiro atoms. The zero-order valence-corrected chi connectivity index (χ0v) is 21.9. The van der Waals surface area contributed by atoms with Crippen LogP contribution >= 0.6 is 0 Å². The zero-order chi connectivity index (χ0) is 27.1. The summed E-state index contributed by atoms with van der Waals surface area (Å²) >= 11 is 0. The van der Waals surface area contributed by atoms with Crippen LogP contribution in [0.5, 0.6) is 5.75 Å². The van der Waals surface area contributed by atoms with Gasteiger partial charge < -0.3 is 15.7 Å². The van der Waals surface area contributed by atoms with Gasteiger partial charge in [-0.25, -0.2) is 19.5 Å². The lowest BCUT2D eigenvalue weighted by Gasteiger charge is -2.15. The zero-order valence-electron chi connectivity index (χ0n) is 21.9. The first kappa shape index (κ1) is 26.5. The number of aryl methyl sites for hydroxylation is 2. The molecule has 0 radical (unpaired) electrons. The monoisotopic (exact) mass is 512 g/mol. The molecule has 38 heavy (non-hydrogen) atoms. The van der Waals surface area contributed by atoms with Crippen LogP contribution in [0.1, 0.15) is 54.9 Å². The van der Waals surface area contributed by atoms with Crippen molar-refractivity contribution in [1.82, 2.24) is 19.5 Å². The fourth-order valence-corrected chi connectivity index (χ4v) is 4.37. The summed E-state index contributed by atoms with van der Waals surface area (Å²) in [6.45, 7) is 6.31. The van der Waals surface area contributed by atoms with Crippen molar-refractivity contribution in [1.29, 1.82) is 0 Å². The molecule has 0 atom stereocenters. The Morgan fingerprint density at radius 3 is 2.45 bits per heavy atom. The van der Waals surface area contributed by atoms with Crippen LogP contribution in [0.2, 0.25) is 0 Å². The predicted octanol–water partition coefficient (Wildman–Crippen LogP) is 4.42. The summed E-state index contributed by atoms with van der Waals surface area (Å²) < 4.78 is 6.90. The first-order valence-corrected chi connectivity index (χ1v) is 12.7. The number of hydrogen-bond donors (Lipinski definition) is 2. The molecule has 9 nitrogen and oxygen atoms in total. The lowest BCUT2D eigenvalue weighted by molar-refractivity contribution is 0.318. The summed E-state index contributed by atoms with van der Waals surface area (Å²) in [5, 5.41) is 12.3. The summed E-state index contributed by atoms with van der Waals surface area (Å²) in [6, 6.07) is 15.4. The van der Waals surface area contributed by atoms with Gasteiger partial charge in [-0.05, 0) is 43.4 Å². The van der Waals surface area contributed by atoms with Crippen LogP contribution in [-0.4, -0.2) is 37.2 Å². The first-order valence-electron chi connectivity index (χ1n) is 12.7. The van der Waals surface area contributed by atoms with Crippen molar-refractivity contribution in [3.05, 3.63) is 99.5 Å². The SMILES string of the molecule is CCCCc1nc(C)n(-c2ncc(OCC)cn2)c(=O)c1Cc1ccc(-c2ccccc2/C(N)=N/O)cc1. The summed E-state index contributed by atoms with van der Waals surface area (Å²) in [6.07, 6.45) is 6.20. The molecule has 0 amide bonds. The van der Waals surface area contributed by atoms with Gasteiger partial charge in [0.15, 0.2) is 11.6 Å². The number of oxime groups is 1. The Morgan fingerprint density at radius 2 is 1.79 bits per heavy atom. The van der Waals surface area contributed by atoms with Gasteiger partial charge in [-0.2, -0.15) is 0 Å². The van der Waals surface area contributed by atoms with Crippen molar-refractivity contribution < 1.29 is 9.94 Å². The van der Waals surface area contributed by atoms with Gasteiger partial charge in [-0.15, -0.1) is 0 Å². The number of benzene rings is 2. The maximum Gasteiger partial charge on any atom is 0.264 e. The van der Waals surface area contributed by atoms with Crippen molar-refractivity contribution in [2.75, 3.05) is 6.61 Å². The van der Waals surface area contributed by atoms with E-state index in [0.29, 0.717) is 35.7 Å². The predicted molar refractivity (Wildman–Crippen MR) is 147 cm³/mol. The van der Waals surface area contributed by atoms with Gasteiger partial charge in [0.05, 0.1) is 24.7 Å². The summed E-state index contributed by atoms with van der Waals surface area (Å²) in [5.74, 6) is 1.40. The Labute approximate surface area is 221 Å². The number of unbranched alkanes of at least 4 members (excludes halogenated alkanes) is 1. The molecule has 2 aromatic heterocycles. The second-order valence-electron chi connectivity index (χ2n) is 8.88.